The second-order valence-corrected chi connectivity index (χ2v) is 15.5. The van der Waals surface area contributed by atoms with Gasteiger partial charge in [0.05, 0.1) is 47.2 Å². The Morgan fingerprint density at radius 2 is 0.983 bits per heavy atom. The summed E-state index contributed by atoms with van der Waals surface area (Å²) in [7, 11) is 0. The number of nitrogens with zero attached hydrogens (tertiary/aromatic N) is 4. The molecule has 1 aliphatic rings. The third kappa shape index (κ3) is 5.09. The number of hydrogen-bond acceptors (Lipinski definition) is 2. The molecule has 0 radical (unpaired) electrons. The number of hydrogen-bond donors (Lipinski definition) is 0. The molecule has 4 nitrogen and oxygen atoms in total. The molecule has 3 heterocycles. The van der Waals surface area contributed by atoms with E-state index < -0.39 is 65.8 Å². The third-order valence-electron chi connectivity index (χ3n) is 11.9. The van der Waals surface area contributed by atoms with Gasteiger partial charge in [0.15, 0.2) is 0 Å². The molecule has 0 spiro atoms. The summed E-state index contributed by atoms with van der Waals surface area (Å²) in [4.78, 5) is 9.99. The van der Waals surface area contributed by atoms with Gasteiger partial charge < -0.3 is 4.57 Å². The van der Waals surface area contributed by atoms with Crippen LogP contribution >= 0.6 is 0 Å². The zero-order chi connectivity index (χ0) is 47.9. The number of aromatic nitrogens is 4. The second-order valence-electron chi connectivity index (χ2n) is 15.5. The Balaban J connectivity index is 1.16. The Bertz CT molecular complexity index is 3920. The summed E-state index contributed by atoms with van der Waals surface area (Å²) in [6.07, 6.45) is 0. The highest BCUT2D eigenvalue weighted by Crippen LogP contribution is 2.51. The van der Waals surface area contributed by atoms with Crippen LogP contribution in [-0.2, 0) is 5.41 Å². The fourth-order valence-electron chi connectivity index (χ4n) is 9.16. The minimum absolute atomic E-state index is 0.0114. The van der Waals surface area contributed by atoms with Crippen molar-refractivity contribution in [2.75, 3.05) is 0 Å². The van der Waals surface area contributed by atoms with Crippen molar-refractivity contribution in [2.24, 2.45) is 0 Å². The molecule has 0 unspecified atom stereocenters. The van der Waals surface area contributed by atoms with E-state index >= 15 is 0 Å². The summed E-state index contributed by atoms with van der Waals surface area (Å²) in [5.74, 6) is 0.0114. The van der Waals surface area contributed by atoms with Crippen LogP contribution in [0.15, 0.2) is 194 Å². The van der Waals surface area contributed by atoms with Crippen molar-refractivity contribution < 1.29 is 13.7 Å². The lowest BCUT2D eigenvalue weighted by Crippen LogP contribution is -2.15. The van der Waals surface area contributed by atoms with E-state index in [0.717, 1.165) is 66.1 Å². The van der Waals surface area contributed by atoms with Gasteiger partial charge in [0, 0.05) is 43.8 Å². The first-order valence-corrected chi connectivity index (χ1v) is 19.5. The summed E-state index contributed by atoms with van der Waals surface area (Å²) >= 11 is 0. The van der Waals surface area contributed by atoms with Crippen LogP contribution in [0, 0.1) is 0 Å². The van der Waals surface area contributed by atoms with Crippen molar-refractivity contribution in [3.63, 3.8) is 0 Å². The van der Waals surface area contributed by atoms with Crippen molar-refractivity contribution in [1.29, 1.82) is 0 Å². The summed E-state index contributed by atoms with van der Waals surface area (Å²) in [6.45, 7) is 4.37. The minimum atomic E-state index is -0.578. The van der Waals surface area contributed by atoms with Gasteiger partial charge in [-0.25, -0.2) is 9.97 Å². The van der Waals surface area contributed by atoms with Crippen LogP contribution in [0.1, 0.15) is 38.7 Å². The SMILES string of the molecule is [2H]c1c([2H])c([2H])c(-c2cc(-c3c([2H])c([2H])c([2H])c([2H])c3[2H])nc(-n3c4ccc(-c5ccc6c(c5)c5ccccc5n6-c5ccccc5)cc4c4cc5c(cc43)C(C)(C)c3ccccc3-5)n2)c([2H])c1[2H]. The molecule has 0 N–H and O–H groups in total. The van der Waals surface area contributed by atoms with E-state index in [9.17, 15) is 0 Å². The van der Waals surface area contributed by atoms with Gasteiger partial charge in [-0.15, -0.1) is 0 Å². The van der Waals surface area contributed by atoms with Crippen molar-refractivity contribution >= 4 is 43.6 Å². The van der Waals surface area contributed by atoms with E-state index in [1.165, 1.54) is 11.6 Å². The Hall–Kier alpha value is -7.56. The van der Waals surface area contributed by atoms with E-state index in [4.69, 9.17) is 23.7 Å². The molecular formula is C55H38N4. The minimum Gasteiger partial charge on any atom is -0.309 e. The maximum absolute atomic E-state index is 8.97. The molecule has 1 aliphatic carbocycles. The van der Waals surface area contributed by atoms with E-state index in [1.54, 1.807) is 0 Å². The van der Waals surface area contributed by atoms with Gasteiger partial charge >= 0.3 is 0 Å². The molecule has 0 saturated heterocycles. The molecule has 0 amide bonds. The fourth-order valence-corrected chi connectivity index (χ4v) is 9.16. The van der Waals surface area contributed by atoms with Gasteiger partial charge in [0.1, 0.15) is 0 Å². The summed E-state index contributed by atoms with van der Waals surface area (Å²) in [5.41, 5.74) is 10.0. The Labute approximate surface area is 356 Å². The van der Waals surface area contributed by atoms with E-state index in [-0.39, 0.29) is 28.5 Å². The molecule has 11 aromatic rings. The molecule has 12 rings (SSSR count). The van der Waals surface area contributed by atoms with Crippen LogP contribution < -0.4 is 0 Å². The van der Waals surface area contributed by atoms with Crippen LogP contribution in [0.4, 0.5) is 0 Å². The number of rotatable bonds is 5. The van der Waals surface area contributed by atoms with E-state index in [1.807, 2.05) is 47.0 Å². The lowest BCUT2D eigenvalue weighted by molar-refractivity contribution is 0.661. The molecule has 0 atom stereocenters. The fraction of sp³-hybridized carbons (Fsp3) is 0.0545. The molecule has 278 valence electrons. The Morgan fingerprint density at radius 1 is 0.424 bits per heavy atom. The highest BCUT2D eigenvalue weighted by atomic mass is 15.2. The van der Waals surface area contributed by atoms with Gasteiger partial charge in [-0.1, -0.05) is 147 Å². The zero-order valence-electron chi connectivity index (χ0n) is 42.0. The predicted molar refractivity (Wildman–Crippen MR) is 245 cm³/mol. The average Bonchev–Trinajstić information content (AvgIpc) is 3.95. The highest BCUT2D eigenvalue weighted by Gasteiger charge is 2.36. The quantitative estimate of drug-likeness (QED) is 0.175. The maximum atomic E-state index is 8.97. The van der Waals surface area contributed by atoms with Crippen LogP contribution in [0.3, 0.4) is 0 Å². The molecule has 0 aliphatic heterocycles. The van der Waals surface area contributed by atoms with Crippen molar-refractivity contribution in [2.45, 2.75) is 19.3 Å². The normalized spacial score (nSPS) is 15.4. The zero-order valence-corrected chi connectivity index (χ0v) is 32.0. The van der Waals surface area contributed by atoms with Gasteiger partial charge in [0.2, 0.25) is 5.95 Å². The van der Waals surface area contributed by atoms with Crippen LogP contribution in [-0.4, -0.2) is 19.1 Å². The lowest BCUT2D eigenvalue weighted by atomic mass is 9.82. The Kier molecular flexibility index (Phi) is 5.38. The monoisotopic (exact) mass is 764 g/mol. The molecule has 8 aromatic carbocycles. The average molecular weight is 765 g/mol. The molecule has 0 bridgehead atoms. The molecular weight excluding hydrogens is 717 g/mol. The first-order chi connectivity index (χ1) is 33.1. The van der Waals surface area contributed by atoms with Gasteiger partial charge in [-0.3, -0.25) is 4.57 Å². The van der Waals surface area contributed by atoms with Gasteiger partial charge in [-0.05, 0) is 94.0 Å². The molecule has 0 saturated carbocycles. The number of fused-ring (bicyclic) bond motifs is 9. The van der Waals surface area contributed by atoms with Crippen molar-refractivity contribution in [3.8, 4) is 56.4 Å². The molecule has 3 aromatic heterocycles. The molecule has 4 heteroatoms. The molecule has 59 heavy (non-hydrogen) atoms. The van der Waals surface area contributed by atoms with Gasteiger partial charge in [0.25, 0.3) is 0 Å². The van der Waals surface area contributed by atoms with Crippen molar-refractivity contribution in [1.82, 2.24) is 19.1 Å². The standard InChI is InChI=1S/C55H38N4/c1-55(2)46-24-14-12-22-40(46)42-32-45-44-31-38(37-26-28-51-43(30-37)41-23-13-15-25-50(41)58(51)39-20-10-5-11-21-39)27-29-52(44)59(53(45)33-47(42)55)54-56-48(35-16-6-3-7-17-35)34-49(57-54)36-18-8-4-9-19-36/h3-34H,1-2H3/i3D,4D,6D,7D,8D,9D,16D,17D,18D,19D. The first kappa shape index (κ1) is 24.9. The first-order valence-electron chi connectivity index (χ1n) is 24.5. The summed E-state index contributed by atoms with van der Waals surface area (Å²) in [6, 6.07) is 40.0. The Morgan fingerprint density at radius 3 is 1.68 bits per heavy atom. The van der Waals surface area contributed by atoms with Crippen LogP contribution in [0.25, 0.3) is 100 Å². The number of para-hydroxylation sites is 2. The maximum Gasteiger partial charge on any atom is 0.235 e. The smallest absolute Gasteiger partial charge is 0.235 e. The van der Waals surface area contributed by atoms with Crippen LogP contribution in [0.5, 0.6) is 0 Å². The van der Waals surface area contributed by atoms with E-state index in [0.29, 0.717) is 11.0 Å². The summed E-state index contributed by atoms with van der Waals surface area (Å²) < 4.78 is 90.9. The largest absolute Gasteiger partial charge is 0.309 e. The van der Waals surface area contributed by atoms with Crippen LogP contribution in [0.2, 0.25) is 0 Å². The number of benzene rings is 8. The summed E-state index contributed by atoms with van der Waals surface area (Å²) in [5, 5.41) is 3.96. The van der Waals surface area contributed by atoms with Gasteiger partial charge in [-0.2, -0.15) is 0 Å². The van der Waals surface area contributed by atoms with Crippen molar-refractivity contribution in [3.05, 3.63) is 205 Å². The molecule has 0 fully saturated rings. The van der Waals surface area contributed by atoms with E-state index in [2.05, 4.69) is 103 Å². The second kappa shape index (κ2) is 12.7. The third-order valence-corrected chi connectivity index (χ3v) is 11.9. The predicted octanol–water partition coefficient (Wildman–Crippen LogP) is 14.0. The lowest BCUT2D eigenvalue weighted by Gasteiger charge is -2.21. The highest BCUT2D eigenvalue weighted by molar-refractivity contribution is 6.14. The topological polar surface area (TPSA) is 35.6 Å².